The van der Waals surface area contributed by atoms with Crippen LogP contribution in [-0.4, -0.2) is 32.1 Å². The molecular formula is C24H24N4O5S. The van der Waals surface area contributed by atoms with Crippen molar-refractivity contribution in [2.75, 3.05) is 17.1 Å². The number of para-hydroxylation sites is 1. The highest BCUT2D eigenvalue weighted by Gasteiger charge is 2.19. The molecule has 3 aromatic carbocycles. The van der Waals surface area contributed by atoms with Crippen molar-refractivity contribution in [1.82, 2.24) is 10.2 Å². The number of hydrogen-bond donors (Lipinski definition) is 2. The van der Waals surface area contributed by atoms with Crippen molar-refractivity contribution in [2.24, 2.45) is 0 Å². The third-order valence-corrected chi connectivity index (χ3v) is 5.92. The minimum Gasteiger partial charge on any atom is -0.497 e. The van der Waals surface area contributed by atoms with E-state index in [4.69, 9.17) is 9.15 Å². The summed E-state index contributed by atoms with van der Waals surface area (Å²) in [7, 11) is -2.34. The van der Waals surface area contributed by atoms with Crippen LogP contribution in [0.1, 0.15) is 13.8 Å². The topological polar surface area (TPSA) is 123 Å². The van der Waals surface area contributed by atoms with Crippen LogP contribution in [0.3, 0.4) is 0 Å². The standard InChI is InChI=1S/C22H18N4O5S.C2H6/c1-30-17-6-4-5-15(13-17)21-24-25-22(31-21)19-7-2-3-8-20(19)26-32(28,29)18-11-9-16(10-12-18)23-14-27;1-2/h2-14,26H,1H3,(H,23,27);1-2H3. The van der Waals surface area contributed by atoms with E-state index in [0.29, 0.717) is 29.0 Å². The maximum atomic E-state index is 12.9. The van der Waals surface area contributed by atoms with Crippen LogP contribution in [0, 0.1) is 0 Å². The molecule has 0 bridgehead atoms. The van der Waals surface area contributed by atoms with Crippen LogP contribution < -0.4 is 14.8 Å². The van der Waals surface area contributed by atoms with Crippen molar-refractivity contribution < 1.29 is 22.4 Å². The average Bonchev–Trinajstić information content (AvgIpc) is 3.36. The lowest BCUT2D eigenvalue weighted by Gasteiger charge is -2.11. The Morgan fingerprint density at radius 2 is 1.62 bits per heavy atom. The predicted molar refractivity (Wildman–Crippen MR) is 130 cm³/mol. The Morgan fingerprint density at radius 1 is 0.912 bits per heavy atom. The van der Waals surface area contributed by atoms with Gasteiger partial charge in [-0.15, -0.1) is 10.2 Å². The van der Waals surface area contributed by atoms with Crippen molar-refractivity contribution in [3.63, 3.8) is 0 Å². The Bertz CT molecular complexity index is 1350. The molecule has 1 heterocycles. The first-order chi connectivity index (χ1) is 16.5. The van der Waals surface area contributed by atoms with Crippen LogP contribution in [0.4, 0.5) is 11.4 Å². The molecule has 1 aromatic heterocycles. The van der Waals surface area contributed by atoms with Gasteiger partial charge in [0.1, 0.15) is 5.75 Å². The van der Waals surface area contributed by atoms with Gasteiger partial charge in [-0.3, -0.25) is 9.52 Å². The molecule has 0 aliphatic heterocycles. The number of benzene rings is 3. The van der Waals surface area contributed by atoms with Crippen LogP contribution in [0.15, 0.2) is 82.1 Å². The number of rotatable bonds is 8. The van der Waals surface area contributed by atoms with Crippen LogP contribution in [0.25, 0.3) is 22.9 Å². The zero-order valence-corrected chi connectivity index (χ0v) is 19.7. The van der Waals surface area contributed by atoms with Crippen molar-refractivity contribution in [2.45, 2.75) is 18.7 Å². The predicted octanol–water partition coefficient (Wildman–Crippen LogP) is 4.81. The molecule has 0 saturated heterocycles. The molecule has 10 heteroatoms. The van der Waals surface area contributed by atoms with E-state index >= 15 is 0 Å². The molecule has 0 unspecified atom stereocenters. The molecule has 4 aromatic rings. The summed E-state index contributed by atoms with van der Waals surface area (Å²) in [5.74, 6) is 1.08. The minimum absolute atomic E-state index is 0.0337. The third-order valence-electron chi connectivity index (χ3n) is 4.53. The fourth-order valence-corrected chi connectivity index (χ4v) is 4.05. The van der Waals surface area contributed by atoms with Gasteiger partial charge in [-0.05, 0) is 54.6 Å². The molecule has 0 aliphatic rings. The summed E-state index contributed by atoms with van der Waals surface area (Å²) in [6.07, 6.45) is 0.516. The van der Waals surface area contributed by atoms with Gasteiger partial charge >= 0.3 is 0 Å². The van der Waals surface area contributed by atoms with E-state index < -0.39 is 10.0 Å². The highest BCUT2D eigenvalue weighted by molar-refractivity contribution is 7.92. The number of amides is 1. The van der Waals surface area contributed by atoms with Gasteiger partial charge in [-0.25, -0.2) is 8.42 Å². The van der Waals surface area contributed by atoms with Crippen LogP contribution in [0.5, 0.6) is 5.75 Å². The smallest absolute Gasteiger partial charge is 0.261 e. The summed E-state index contributed by atoms with van der Waals surface area (Å²) in [5, 5.41) is 10.6. The zero-order valence-electron chi connectivity index (χ0n) is 18.8. The van der Waals surface area contributed by atoms with E-state index in [1.54, 1.807) is 55.6 Å². The molecule has 9 nitrogen and oxygen atoms in total. The van der Waals surface area contributed by atoms with Crippen molar-refractivity contribution in [1.29, 1.82) is 0 Å². The molecular weight excluding hydrogens is 456 g/mol. The Morgan fingerprint density at radius 3 is 2.32 bits per heavy atom. The molecule has 0 radical (unpaired) electrons. The fraction of sp³-hybridized carbons (Fsp3) is 0.125. The summed E-state index contributed by atoms with van der Waals surface area (Å²) < 4.78 is 39.3. The van der Waals surface area contributed by atoms with Gasteiger partial charge in [0.25, 0.3) is 10.0 Å². The van der Waals surface area contributed by atoms with E-state index in [0.717, 1.165) is 0 Å². The third kappa shape index (κ3) is 5.59. The first-order valence-electron chi connectivity index (χ1n) is 10.4. The monoisotopic (exact) mass is 480 g/mol. The summed E-state index contributed by atoms with van der Waals surface area (Å²) in [5.41, 5.74) is 1.86. The van der Waals surface area contributed by atoms with Crippen LogP contribution in [-0.2, 0) is 14.8 Å². The van der Waals surface area contributed by atoms with E-state index in [1.807, 2.05) is 13.8 Å². The van der Waals surface area contributed by atoms with Gasteiger partial charge in [-0.2, -0.15) is 0 Å². The Balaban J connectivity index is 0.00000158. The molecule has 0 spiro atoms. The van der Waals surface area contributed by atoms with Crippen molar-refractivity contribution in [3.05, 3.63) is 72.8 Å². The average molecular weight is 481 g/mol. The SMILES string of the molecule is CC.COc1cccc(-c2nnc(-c3ccccc3NS(=O)(=O)c3ccc(NC=O)cc3)o2)c1. The number of nitrogens with one attached hydrogen (secondary N) is 2. The minimum atomic E-state index is -3.90. The first kappa shape index (κ1) is 24.5. The molecule has 4 rings (SSSR count). The Labute approximate surface area is 197 Å². The molecule has 0 saturated carbocycles. The lowest BCUT2D eigenvalue weighted by molar-refractivity contribution is -0.105. The molecule has 2 N–H and O–H groups in total. The summed E-state index contributed by atoms with van der Waals surface area (Å²) in [6.45, 7) is 4.00. The Kier molecular flexibility index (Phi) is 7.99. The van der Waals surface area contributed by atoms with Crippen molar-refractivity contribution >= 4 is 27.8 Å². The van der Waals surface area contributed by atoms with Crippen LogP contribution in [0.2, 0.25) is 0 Å². The number of methoxy groups -OCH3 is 1. The molecule has 176 valence electrons. The molecule has 0 atom stereocenters. The number of carbonyl (C=O) groups excluding carboxylic acids is 1. The lowest BCUT2D eigenvalue weighted by atomic mass is 10.2. The highest BCUT2D eigenvalue weighted by atomic mass is 32.2. The maximum absolute atomic E-state index is 12.9. The highest BCUT2D eigenvalue weighted by Crippen LogP contribution is 2.31. The van der Waals surface area contributed by atoms with E-state index in [2.05, 4.69) is 20.2 Å². The van der Waals surface area contributed by atoms with E-state index in [1.165, 1.54) is 24.3 Å². The molecule has 1 amide bonds. The normalized spacial score (nSPS) is 10.6. The number of anilines is 2. The number of sulfonamides is 1. The second-order valence-electron chi connectivity index (χ2n) is 6.58. The number of nitrogens with zero attached hydrogens (tertiary/aromatic N) is 2. The molecule has 0 aliphatic carbocycles. The summed E-state index contributed by atoms with van der Waals surface area (Å²) >= 11 is 0. The number of hydrogen-bond acceptors (Lipinski definition) is 7. The maximum Gasteiger partial charge on any atom is 0.261 e. The Hall–Kier alpha value is -4.18. The van der Waals surface area contributed by atoms with Gasteiger partial charge < -0.3 is 14.5 Å². The van der Waals surface area contributed by atoms with Gasteiger partial charge in [0, 0.05) is 11.3 Å². The first-order valence-corrected chi connectivity index (χ1v) is 11.9. The lowest BCUT2D eigenvalue weighted by Crippen LogP contribution is -2.13. The summed E-state index contributed by atoms with van der Waals surface area (Å²) in [6, 6.07) is 19.6. The number of aromatic nitrogens is 2. The molecule has 34 heavy (non-hydrogen) atoms. The second kappa shape index (κ2) is 11.1. The summed E-state index contributed by atoms with van der Waals surface area (Å²) in [4.78, 5) is 10.6. The van der Waals surface area contributed by atoms with Gasteiger partial charge in [0.05, 0.1) is 23.3 Å². The van der Waals surface area contributed by atoms with Gasteiger partial charge in [0.2, 0.25) is 18.2 Å². The van der Waals surface area contributed by atoms with Gasteiger partial charge in [-0.1, -0.05) is 32.0 Å². The molecule has 0 fully saturated rings. The largest absolute Gasteiger partial charge is 0.497 e. The fourth-order valence-electron chi connectivity index (χ4n) is 2.97. The zero-order chi connectivity index (χ0) is 24.6. The van der Waals surface area contributed by atoms with Gasteiger partial charge in [0.15, 0.2) is 0 Å². The van der Waals surface area contributed by atoms with Crippen LogP contribution >= 0.6 is 0 Å². The second-order valence-corrected chi connectivity index (χ2v) is 8.26. The van der Waals surface area contributed by atoms with Crippen molar-refractivity contribution in [3.8, 4) is 28.7 Å². The van der Waals surface area contributed by atoms with E-state index in [-0.39, 0.29) is 22.4 Å². The van der Waals surface area contributed by atoms with E-state index in [9.17, 15) is 13.2 Å². The number of ether oxygens (including phenoxy) is 1. The quantitative estimate of drug-likeness (QED) is 0.347. The number of carbonyl (C=O) groups is 1.